The number of carbonyl (C=O) groups is 1. The van der Waals surface area contributed by atoms with Gasteiger partial charge in [-0.15, -0.1) is 0 Å². The average molecular weight is 266 g/mol. The van der Waals surface area contributed by atoms with Gasteiger partial charge in [-0.25, -0.2) is 8.42 Å². The van der Waals surface area contributed by atoms with Gasteiger partial charge in [0.1, 0.15) is 0 Å². The Labute approximate surface area is 108 Å². The number of Topliss-reactive ketones (excluding diaryl/α,β-unsaturated/α-hetero) is 1. The summed E-state index contributed by atoms with van der Waals surface area (Å²) in [7, 11) is -3.21. The lowest BCUT2D eigenvalue weighted by molar-refractivity contribution is 0.102. The minimum atomic E-state index is -3.21. The summed E-state index contributed by atoms with van der Waals surface area (Å²) in [6, 6.07) is 6.83. The van der Waals surface area contributed by atoms with E-state index in [1.807, 2.05) is 13.8 Å². The second-order valence-corrected chi connectivity index (χ2v) is 6.27. The summed E-state index contributed by atoms with van der Waals surface area (Å²) in [4.78, 5) is 11.8. The summed E-state index contributed by atoms with van der Waals surface area (Å²) in [6.45, 7) is 7.64. The number of fused-ring (bicyclic) bond motifs is 1. The van der Waals surface area contributed by atoms with Crippen LogP contribution in [0.15, 0.2) is 36.4 Å². The molecule has 98 valence electrons. The van der Waals surface area contributed by atoms with E-state index in [4.69, 9.17) is 0 Å². The van der Waals surface area contributed by atoms with E-state index in [1.165, 1.54) is 6.26 Å². The van der Waals surface area contributed by atoms with Crippen LogP contribution < -0.4 is 0 Å². The number of ketones is 1. The van der Waals surface area contributed by atoms with E-state index in [1.54, 1.807) is 24.3 Å². The Morgan fingerprint density at radius 2 is 1.78 bits per heavy atom. The van der Waals surface area contributed by atoms with Gasteiger partial charge in [0.2, 0.25) is 0 Å². The Morgan fingerprint density at radius 3 is 2.33 bits per heavy atom. The van der Waals surface area contributed by atoms with Gasteiger partial charge in [0.05, 0.1) is 5.25 Å². The van der Waals surface area contributed by atoms with Crippen LogP contribution in [0.5, 0.6) is 0 Å². The lowest BCUT2D eigenvalue weighted by Crippen LogP contribution is -2.23. The summed E-state index contributed by atoms with van der Waals surface area (Å²) < 4.78 is 23.3. The van der Waals surface area contributed by atoms with Crippen molar-refractivity contribution in [1.29, 1.82) is 0 Å². The maximum atomic E-state index is 11.8. The van der Waals surface area contributed by atoms with Crippen LogP contribution in [0.25, 0.3) is 0 Å². The molecule has 0 heterocycles. The number of allylic oxidation sites excluding steroid dienone is 1. The van der Waals surface area contributed by atoms with Crippen LogP contribution in [0.3, 0.4) is 0 Å². The van der Waals surface area contributed by atoms with Crippen LogP contribution in [0.2, 0.25) is 0 Å². The molecule has 1 aliphatic rings. The highest BCUT2D eigenvalue weighted by Gasteiger charge is 2.33. The minimum Gasteiger partial charge on any atom is -0.289 e. The van der Waals surface area contributed by atoms with Crippen LogP contribution in [-0.2, 0) is 9.84 Å². The molecular weight excluding hydrogens is 248 g/mol. The molecule has 3 nitrogen and oxygen atoms in total. The van der Waals surface area contributed by atoms with E-state index >= 15 is 0 Å². The van der Waals surface area contributed by atoms with Crippen LogP contribution in [-0.4, -0.2) is 20.5 Å². The van der Waals surface area contributed by atoms with E-state index in [0.29, 0.717) is 16.7 Å². The summed E-state index contributed by atoms with van der Waals surface area (Å²) >= 11 is 0. The first-order valence-corrected chi connectivity index (χ1v) is 7.87. The molecule has 0 saturated heterocycles. The van der Waals surface area contributed by atoms with Gasteiger partial charge in [0.25, 0.3) is 0 Å². The molecule has 0 aliphatic heterocycles. The Bertz CT molecular complexity index is 570. The average Bonchev–Trinajstić information content (AvgIpc) is 2.35. The van der Waals surface area contributed by atoms with Crippen molar-refractivity contribution in [2.24, 2.45) is 0 Å². The van der Waals surface area contributed by atoms with Gasteiger partial charge >= 0.3 is 0 Å². The number of hydrogen-bond donors (Lipinski definition) is 0. The highest BCUT2D eigenvalue weighted by atomic mass is 32.2. The van der Waals surface area contributed by atoms with Gasteiger partial charge in [-0.2, -0.15) is 0 Å². The monoisotopic (exact) mass is 266 g/mol. The fraction of sp³-hybridized carbons (Fsp3) is 0.357. The van der Waals surface area contributed by atoms with E-state index in [2.05, 4.69) is 6.58 Å². The van der Waals surface area contributed by atoms with Crippen LogP contribution >= 0.6 is 0 Å². The molecular formula is C14H18O3S. The highest BCUT2D eigenvalue weighted by molar-refractivity contribution is 7.90. The molecule has 2 rings (SSSR count). The van der Waals surface area contributed by atoms with Crippen molar-refractivity contribution in [3.05, 3.63) is 47.5 Å². The lowest BCUT2D eigenvalue weighted by atomic mass is 9.87. The molecule has 0 radical (unpaired) electrons. The smallest absolute Gasteiger partial charge is 0.188 e. The topological polar surface area (TPSA) is 51.2 Å². The van der Waals surface area contributed by atoms with Crippen molar-refractivity contribution in [3.8, 4) is 0 Å². The van der Waals surface area contributed by atoms with E-state index in [9.17, 15) is 13.2 Å². The standard InChI is InChI=1S/C12H12O3S.C2H6/c1-8-7-11(16(2,14)15)9-5-3-4-6-10(9)12(8)13;1-2/h3-6,11H,1,7H2,2H3;1-2H3. The number of benzene rings is 1. The number of sulfone groups is 1. The Morgan fingerprint density at radius 1 is 1.22 bits per heavy atom. The van der Waals surface area contributed by atoms with Crippen molar-refractivity contribution >= 4 is 15.6 Å². The number of carbonyl (C=O) groups excluding carboxylic acids is 1. The van der Waals surface area contributed by atoms with E-state index < -0.39 is 15.1 Å². The molecule has 0 aromatic heterocycles. The second kappa shape index (κ2) is 5.48. The zero-order valence-corrected chi connectivity index (χ0v) is 11.8. The quantitative estimate of drug-likeness (QED) is 0.734. The summed E-state index contributed by atoms with van der Waals surface area (Å²) in [5.74, 6) is -0.143. The fourth-order valence-electron chi connectivity index (χ4n) is 1.98. The van der Waals surface area contributed by atoms with Gasteiger partial charge in [-0.3, -0.25) is 4.79 Å². The molecule has 0 amide bonds. The molecule has 1 atom stereocenters. The first-order valence-electron chi connectivity index (χ1n) is 5.91. The van der Waals surface area contributed by atoms with Crippen LogP contribution in [0, 0.1) is 0 Å². The van der Waals surface area contributed by atoms with Crippen molar-refractivity contribution < 1.29 is 13.2 Å². The van der Waals surface area contributed by atoms with Crippen LogP contribution in [0.4, 0.5) is 0 Å². The maximum absolute atomic E-state index is 11.8. The molecule has 4 heteroatoms. The maximum Gasteiger partial charge on any atom is 0.188 e. The van der Waals surface area contributed by atoms with Gasteiger partial charge in [-0.05, 0) is 17.6 Å². The highest BCUT2D eigenvalue weighted by Crippen LogP contribution is 2.36. The second-order valence-electron chi connectivity index (χ2n) is 4.04. The predicted molar refractivity (Wildman–Crippen MR) is 73.5 cm³/mol. The third kappa shape index (κ3) is 2.70. The Hall–Kier alpha value is -1.42. The largest absolute Gasteiger partial charge is 0.289 e. The molecule has 0 bridgehead atoms. The van der Waals surface area contributed by atoms with Crippen molar-refractivity contribution in [3.63, 3.8) is 0 Å². The Kier molecular flexibility index (Phi) is 4.46. The van der Waals surface area contributed by atoms with Crippen molar-refractivity contribution in [2.75, 3.05) is 6.26 Å². The third-order valence-electron chi connectivity index (χ3n) is 2.82. The molecule has 0 N–H and O–H groups in total. The van der Waals surface area contributed by atoms with Gasteiger partial charge in [0.15, 0.2) is 15.6 Å². The Balaban J connectivity index is 0.000000771. The predicted octanol–water partition coefficient (Wildman–Crippen LogP) is 2.94. The van der Waals surface area contributed by atoms with Gasteiger partial charge in [-0.1, -0.05) is 44.7 Å². The van der Waals surface area contributed by atoms with Gasteiger partial charge < -0.3 is 0 Å². The molecule has 1 aromatic rings. The molecule has 0 saturated carbocycles. The third-order valence-corrected chi connectivity index (χ3v) is 4.28. The van der Waals surface area contributed by atoms with E-state index in [-0.39, 0.29) is 12.2 Å². The van der Waals surface area contributed by atoms with Gasteiger partial charge in [0, 0.05) is 11.8 Å². The summed E-state index contributed by atoms with van der Waals surface area (Å²) in [5, 5.41) is -0.631. The zero-order valence-electron chi connectivity index (χ0n) is 10.9. The minimum absolute atomic E-state index is 0.143. The first kappa shape index (κ1) is 14.6. The molecule has 1 aromatic carbocycles. The number of hydrogen-bond acceptors (Lipinski definition) is 3. The summed E-state index contributed by atoms with van der Waals surface area (Å²) in [6.07, 6.45) is 1.40. The molecule has 1 aliphatic carbocycles. The van der Waals surface area contributed by atoms with Crippen molar-refractivity contribution in [2.45, 2.75) is 25.5 Å². The summed E-state index contributed by atoms with van der Waals surface area (Å²) in [5.41, 5.74) is 1.44. The zero-order chi connectivity index (χ0) is 13.9. The molecule has 1 unspecified atom stereocenters. The van der Waals surface area contributed by atoms with Crippen LogP contribution in [0.1, 0.15) is 41.4 Å². The van der Waals surface area contributed by atoms with E-state index in [0.717, 1.165) is 0 Å². The first-order chi connectivity index (χ1) is 8.41. The normalized spacial score (nSPS) is 18.7. The molecule has 0 spiro atoms. The fourth-order valence-corrected chi connectivity index (χ4v) is 3.15. The number of rotatable bonds is 1. The van der Waals surface area contributed by atoms with Crippen molar-refractivity contribution in [1.82, 2.24) is 0 Å². The SMILES string of the molecule is C=C1CC(S(C)(=O)=O)c2ccccc2C1=O.CC. The molecule has 18 heavy (non-hydrogen) atoms. The lowest BCUT2D eigenvalue weighted by Gasteiger charge is -2.24. The molecule has 0 fully saturated rings.